The van der Waals surface area contributed by atoms with Crippen LogP contribution in [0.5, 0.6) is 0 Å². The lowest BCUT2D eigenvalue weighted by Gasteiger charge is -2.29. The number of benzene rings is 1. The Bertz CT molecular complexity index is 991. The maximum Gasteiger partial charge on any atom is 0.318 e. The van der Waals surface area contributed by atoms with Crippen LogP contribution in [0.25, 0.3) is 0 Å². The van der Waals surface area contributed by atoms with Crippen molar-refractivity contribution in [3.05, 3.63) is 41.2 Å². The predicted octanol–water partition coefficient (Wildman–Crippen LogP) is 2.63. The van der Waals surface area contributed by atoms with E-state index in [0.29, 0.717) is 23.4 Å². The van der Waals surface area contributed by atoms with Gasteiger partial charge in [-0.2, -0.15) is 0 Å². The van der Waals surface area contributed by atoms with Crippen LogP contribution in [0.4, 0.5) is 5.69 Å². The fourth-order valence-corrected chi connectivity index (χ4v) is 4.72. The molecule has 0 radical (unpaired) electrons. The van der Waals surface area contributed by atoms with Gasteiger partial charge >= 0.3 is 5.97 Å². The minimum absolute atomic E-state index is 0.0972. The highest BCUT2D eigenvalue weighted by molar-refractivity contribution is 6.24. The molecule has 1 aromatic rings. The summed E-state index contributed by atoms with van der Waals surface area (Å²) in [5.41, 5.74) is -1.18. The van der Waals surface area contributed by atoms with Crippen LogP contribution in [0.2, 0.25) is 0 Å². The number of amides is 2. The first-order chi connectivity index (χ1) is 13.6. The number of allylic oxidation sites excluding steroid dienone is 1. The van der Waals surface area contributed by atoms with E-state index in [1.54, 1.807) is 31.2 Å². The van der Waals surface area contributed by atoms with Crippen molar-refractivity contribution in [2.45, 2.75) is 46.1 Å². The molecule has 1 aromatic carbocycles. The average molecular weight is 397 g/mol. The highest BCUT2D eigenvalue weighted by Crippen LogP contribution is 2.58. The summed E-state index contributed by atoms with van der Waals surface area (Å²) in [7, 11) is 0. The number of hydrogen-bond donors (Lipinski definition) is 0. The van der Waals surface area contributed by atoms with Gasteiger partial charge < -0.3 is 9.47 Å². The summed E-state index contributed by atoms with van der Waals surface area (Å²) in [6, 6.07) is 6.72. The molecule has 0 saturated heterocycles. The molecule has 0 unspecified atom stereocenters. The van der Waals surface area contributed by atoms with Gasteiger partial charge in [-0.15, -0.1) is 0 Å². The summed E-state index contributed by atoms with van der Waals surface area (Å²) >= 11 is 0. The van der Waals surface area contributed by atoms with Gasteiger partial charge in [-0.25, -0.2) is 4.90 Å². The lowest BCUT2D eigenvalue weighted by Crippen LogP contribution is -2.49. The second kappa shape index (κ2) is 6.27. The number of anilines is 1. The molecule has 2 heterocycles. The first-order valence-corrected chi connectivity index (χ1v) is 9.70. The van der Waals surface area contributed by atoms with Crippen LogP contribution in [0.1, 0.15) is 46.1 Å². The zero-order chi connectivity index (χ0) is 21.1. The van der Waals surface area contributed by atoms with E-state index in [1.165, 1.54) is 6.92 Å². The first kappa shape index (κ1) is 19.4. The molecule has 1 aliphatic carbocycles. The molecule has 0 saturated carbocycles. The third-order valence-corrected chi connectivity index (χ3v) is 5.76. The molecule has 2 amide bonds. The smallest absolute Gasteiger partial charge is 0.318 e. The molecule has 7 nitrogen and oxygen atoms in total. The summed E-state index contributed by atoms with van der Waals surface area (Å²) in [5.74, 6) is -2.96. The Hall–Kier alpha value is -2.96. The maximum atomic E-state index is 13.6. The number of hydrogen-bond acceptors (Lipinski definition) is 6. The van der Waals surface area contributed by atoms with Crippen molar-refractivity contribution >= 4 is 29.3 Å². The quantitative estimate of drug-likeness (QED) is 0.713. The summed E-state index contributed by atoms with van der Waals surface area (Å²) in [6.45, 7) is 6.92. The molecule has 2 aliphatic heterocycles. The Balaban J connectivity index is 1.96. The number of para-hydroxylation sites is 1. The summed E-state index contributed by atoms with van der Waals surface area (Å²) in [5, 5.41) is 0. The van der Waals surface area contributed by atoms with Gasteiger partial charge in [0, 0.05) is 25.3 Å². The number of ether oxygens (including phenoxy) is 2. The van der Waals surface area contributed by atoms with Crippen molar-refractivity contribution in [2.75, 3.05) is 11.5 Å². The van der Waals surface area contributed by atoms with E-state index < -0.39 is 29.3 Å². The number of fused-ring (bicyclic) bond motifs is 2. The fraction of sp³-hybridized carbons (Fsp3) is 0.455. The standard InChI is InChI=1S/C22H23NO6/c1-5-28-19(26)18-17-15(25)10-21(3,4)11-16(17)29-22(18)13-8-6-7-9-14(13)23(12(2)24)20(22)27/h6-9,18H,5,10-11H2,1-4H3/t18-,22+/m0/s1. The van der Waals surface area contributed by atoms with Crippen LogP contribution in [0, 0.1) is 11.3 Å². The Labute approximate surface area is 168 Å². The number of carbonyl (C=O) groups is 4. The number of ketones is 1. The van der Waals surface area contributed by atoms with Gasteiger partial charge in [0.15, 0.2) is 5.78 Å². The molecular formula is C22H23NO6. The van der Waals surface area contributed by atoms with E-state index in [9.17, 15) is 19.2 Å². The van der Waals surface area contributed by atoms with Crippen LogP contribution in [-0.4, -0.2) is 30.2 Å². The van der Waals surface area contributed by atoms with Crippen molar-refractivity contribution in [3.63, 3.8) is 0 Å². The second-order valence-corrected chi connectivity index (χ2v) is 8.48. The Morgan fingerprint density at radius 3 is 2.55 bits per heavy atom. The number of imide groups is 1. The predicted molar refractivity (Wildman–Crippen MR) is 103 cm³/mol. The van der Waals surface area contributed by atoms with Crippen LogP contribution in [0.3, 0.4) is 0 Å². The molecule has 0 N–H and O–H groups in total. The van der Waals surface area contributed by atoms with Crippen LogP contribution >= 0.6 is 0 Å². The van der Waals surface area contributed by atoms with Gasteiger partial charge in [-0.3, -0.25) is 19.2 Å². The average Bonchev–Trinajstić information content (AvgIpc) is 3.08. The van der Waals surface area contributed by atoms with Gasteiger partial charge in [0.1, 0.15) is 11.7 Å². The van der Waals surface area contributed by atoms with Gasteiger partial charge in [0.2, 0.25) is 11.5 Å². The highest BCUT2D eigenvalue weighted by atomic mass is 16.5. The third kappa shape index (κ3) is 2.56. The molecule has 29 heavy (non-hydrogen) atoms. The monoisotopic (exact) mass is 397 g/mol. The Morgan fingerprint density at radius 2 is 1.90 bits per heavy atom. The Morgan fingerprint density at radius 1 is 1.21 bits per heavy atom. The third-order valence-electron chi connectivity index (χ3n) is 5.76. The Kier molecular flexibility index (Phi) is 4.19. The van der Waals surface area contributed by atoms with Crippen molar-refractivity contribution in [1.82, 2.24) is 0 Å². The van der Waals surface area contributed by atoms with Gasteiger partial charge in [0.05, 0.1) is 17.9 Å². The number of carbonyl (C=O) groups excluding carboxylic acids is 4. The molecule has 0 aromatic heterocycles. The molecular weight excluding hydrogens is 374 g/mol. The largest absolute Gasteiger partial charge is 0.475 e. The van der Waals surface area contributed by atoms with E-state index in [1.807, 2.05) is 13.8 Å². The fourth-order valence-electron chi connectivity index (χ4n) is 4.72. The van der Waals surface area contributed by atoms with Crippen molar-refractivity contribution in [2.24, 2.45) is 11.3 Å². The summed E-state index contributed by atoms with van der Waals surface area (Å²) < 4.78 is 11.5. The van der Waals surface area contributed by atoms with Crippen LogP contribution in [-0.2, 0) is 34.3 Å². The van der Waals surface area contributed by atoms with E-state index in [4.69, 9.17) is 9.47 Å². The van der Waals surface area contributed by atoms with E-state index in [-0.39, 0.29) is 29.8 Å². The normalized spacial score (nSPS) is 27.0. The van der Waals surface area contributed by atoms with Crippen molar-refractivity contribution < 1.29 is 28.7 Å². The number of rotatable bonds is 2. The molecule has 3 aliphatic rings. The summed E-state index contributed by atoms with van der Waals surface area (Å²) in [6.07, 6.45) is 0.661. The lowest BCUT2D eigenvalue weighted by atomic mass is 9.71. The first-order valence-electron chi connectivity index (χ1n) is 9.70. The number of nitrogens with zero attached hydrogens (tertiary/aromatic N) is 1. The molecule has 152 valence electrons. The zero-order valence-corrected chi connectivity index (χ0v) is 16.9. The van der Waals surface area contributed by atoms with Gasteiger partial charge in [0.25, 0.3) is 5.91 Å². The highest BCUT2D eigenvalue weighted by Gasteiger charge is 2.68. The molecule has 2 atom stereocenters. The molecule has 0 bridgehead atoms. The minimum atomic E-state index is -1.80. The maximum absolute atomic E-state index is 13.6. The second-order valence-electron chi connectivity index (χ2n) is 8.48. The summed E-state index contributed by atoms with van der Waals surface area (Å²) in [4.78, 5) is 53.0. The van der Waals surface area contributed by atoms with E-state index >= 15 is 0 Å². The molecule has 1 spiro atoms. The van der Waals surface area contributed by atoms with Gasteiger partial charge in [-0.1, -0.05) is 32.0 Å². The zero-order valence-electron chi connectivity index (χ0n) is 16.9. The minimum Gasteiger partial charge on any atom is -0.475 e. The molecule has 7 heteroatoms. The topological polar surface area (TPSA) is 90.0 Å². The number of Topliss-reactive ketones (excluding diaryl/α,β-unsaturated/α-hetero) is 1. The lowest BCUT2D eigenvalue weighted by molar-refractivity contribution is -0.161. The van der Waals surface area contributed by atoms with E-state index in [2.05, 4.69) is 0 Å². The molecule has 4 rings (SSSR count). The van der Waals surface area contributed by atoms with Crippen molar-refractivity contribution in [3.8, 4) is 0 Å². The van der Waals surface area contributed by atoms with Crippen LogP contribution in [0.15, 0.2) is 35.6 Å². The molecule has 0 fully saturated rings. The van der Waals surface area contributed by atoms with Crippen molar-refractivity contribution in [1.29, 1.82) is 0 Å². The SMILES string of the molecule is CCOC(=O)[C@@H]1C2=C(CC(C)(C)CC2=O)O[C@@]12C(=O)N(C(C)=O)c1ccccc12. The van der Waals surface area contributed by atoms with E-state index in [0.717, 1.165) is 4.90 Å². The number of esters is 1. The van der Waals surface area contributed by atoms with Gasteiger partial charge in [-0.05, 0) is 18.4 Å². The van der Waals surface area contributed by atoms with Crippen LogP contribution < -0.4 is 4.90 Å².